The van der Waals surface area contributed by atoms with Gasteiger partial charge in [-0.15, -0.1) is 10.2 Å². The summed E-state index contributed by atoms with van der Waals surface area (Å²) in [7, 11) is 0. The number of thioether (sulfide) groups is 2. The molecule has 4 nitrogen and oxygen atoms in total. The van der Waals surface area contributed by atoms with Crippen molar-refractivity contribution < 1.29 is 4.79 Å². The van der Waals surface area contributed by atoms with Crippen LogP contribution in [0, 0.1) is 13.8 Å². The average Bonchev–Trinajstić information content (AvgIpc) is 3.14. The number of Topliss-reactive ketones (excluding diaryl/α,β-unsaturated/α-hetero) is 1. The Morgan fingerprint density at radius 2 is 2.00 bits per heavy atom. The number of carbonyl (C=O) groups is 1. The Morgan fingerprint density at radius 3 is 2.64 bits per heavy atom. The van der Waals surface area contributed by atoms with E-state index in [0.29, 0.717) is 11.8 Å². The molecule has 2 aromatic rings. The minimum atomic E-state index is 0.185. The first-order chi connectivity index (χ1) is 10.6. The van der Waals surface area contributed by atoms with Gasteiger partial charge < -0.3 is 4.57 Å². The molecule has 0 aromatic carbocycles. The van der Waals surface area contributed by atoms with Gasteiger partial charge in [-0.3, -0.25) is 4.79 Å². The molecule has 3 rings (SSSR count). The Labute approximate surface area is 143 Å². The molecular formula is C15H19N3OS3. The molecule has 0 saturated heterocycles. The van der Waals surface area contributed by atoms with Gasteiger partial charge in [0.2, 0.25) is 0 Å². The third-order valence-electron chi connectivity index (χ3n) is 3.68. The highest BCUT2D eigenvalue weighted by Crippen LogP contribution is 2.38. The van der Waals surface area contributed by atoms with Crippen LogP contribution in [0.4, 0.5) is 0 Å². The van der Waals surface area contributed by atoms with Crippen molar-refractivity contribution in [3.05, 3.63) is 23.0 Å². The molecule has 7 heteroatoms. The largest absolute Gasteiger partial charge is 0.345 e. The summed E-state index contributed by atoms with van der Waals surface area (Å²) in [6.07, 6.45) is 2.47. The summed E-state index contributed by atoms with van der Waals surface area (Å²) in [5.74, 6) is 1.61. The first-order valence-corrected chi connectivity index (χ1v) is 10.2. The van der Waals surface area contributed by atoms with Gasteiger partial charge in [0.15, 0.2) is 14.5 Å². The zero-order valence-corrected chi connectivity index (χ0v) is 15.4. The normalized spacial score (nSPS) is 14.5. The third kappa shape index (κ3) is 3.41. The second kappa shape index (κ2) is 6.76. The molecule has 0 bridgehead atoms. The van der Waals surface area contributed by atoms with Crippen LogP contribution in [0.25, 0.3) is 0 Å². The number of aryl methyl sites for hydroxylation is 1. The van der Waals surface area contributed by atoms with Gasteiger partial charge in [0.05, 0.1) is 5.75 Å². The van der Waals surface area contributed by atoms with E-state index in [2.05, 4.69) is 35.5 Å². The smallest absolute Gasteiger partial charge is 0.175 e. The molecule has 0 spiro atoms. The van der Waals surface area contributed by atoms with Crippen LogP contribution in [-0.4, -0.2) is 32.1 Å². The zero-order valence-electron chi connectivity index (χ0n) is 13.0. The second-order valence-electron chi connectivity index (χ2n) is 5.36. The SMILES string of the molecule is CCSc1nnc(SCC(=O)c2cc(C)n(C3CC3)c2C)s1. The highest BCUT2D eigenvalue weighted by Gasteiger charge is 2.28. The molecular weight excluding hydrogens is 334 g/mol. The second-order valence-corrected chi connectivity index (χ2v) is 9.08. The number of aromatic nitrogens is 3. The van der Waals surface area contributed by atoms with Crippen LogP contribution in [-0.2, 0) is 0 Å². The fraction of sp³-hybridized carbons (Fsp3) is 0.533. The fourth-order valence-electron chi connectivity index (χ4n) is 2.60. The van der Waals surface area contributed by atoms with E-state index >= 15 is 0 Å². The van der Waals surface area contributed by atoms with Gasteiger partial charge in [-0.1, -0.05) is 41.8 Å². The van der Waals surface area contributed by atoms with E-state index in [1.807, 2.05) is 6.07 Å². The molecule has 118 valence electrons. The lowest BCUT2D eigenvalue weighted by Crippen LogP contribution is -2.05. The summed E-state index contributed by atoms with van der Waals surface area (Å²) < 4.78 is 4.17. The van der Waals surface area contributed by atoms with Crippen LogP contribution in [0.5, 0.6) is 0 Å². The number of carbonyl (C=O) groups excluding carboxylic acids is 1. The number of rotatable bonds is 7. The van der Waals surface area contributed by atoms with Crippen LogP contribution in [0.2, 0.25) is 0 Å². The molecule has 1 aliphatic carbocycles. The van der Waals surface area contributed by atoms with Gasteiger partial charge >= 0.3 is 0 Å². The summed E-state index contributed by atoms with van der Waals surface area (Å²) in [6.45, 7) is 6.25. The van der Waals surface area contributed by atoms with E-state index in [9.17, 15) is 4.79 Å². The molecule has 22 heavy (non-hydrogen) atoms. The first-order valence-electron chi connectivity index (χ1n) is 7.41. The molecule has 0 atom stereocenters. The Hall–Kier alpha value is -0.790. The topological polar surface area (TPSA) is 47.8 Å². The van der Waals surface area contributed by atoms with E-state index in [-0.39, 0.29) is 5.78 Å². The lowest BCUT2D eigenvalue weighted by molar-refractivity contribution is 0.102. The maximum Gasteiger partial charge on any atom is 0.175 e. The van der Waals surface area contributed by atoms with Crippen molar-refractivity contribution in [2.24, 2.45) is 0 Å². The van der Waals surface area contributed by atoms with Crippen molar-refractivity contribution in [1.82, 2.24) is 14.8 Å². The molecule has 1 aliphatic rings. The van der Waals surface area contributed by atoms with Crippen LogP contribution in [0.3, 0.4) is 0 Å². The van der Waals surface area contributed by atoms with E-state index in [1.165, 1.54) is 30.3 Å². The third-order valence-corrected chi connectivity index (χ3v) is 6.75. The molecule has 0 radical (unpaired) electrons. The van der Waals surface area contributed by atoms with Gasteiger partial charge in [0.25, 0.3) is 0 Å². The van der Waals surface area contributed by atoms with Crippen LogP contribution in [0.1, 0.15) is 47.6 Å². The van der Waals surface area contributed by atoms with Gasteiger partial charge in [-0.05, 0) is 38.5 Å². The molecule has 0 aliphatic heterocycles. The zero-order chi connectivity index (χ0) is 15.7. The summed E-state index contributed by atoms with van der Waals surface area (Å²) >= 11 is 4.75. The summed E-state index contributed by atoms with van der Waals surface area (Å²) in [5.41, 5.74) is 3.18. The Balaban J connectivity index is 1.65. The minimum Gasteiger partial charge on any atom is -0.345 e. The van der Waals surface area contributed by atoms with Gasteiger partial charge in [-0.2, -0.15) is 0 Å². The van der Waals surface area contributed by atoms with E-state index in [0.717, 1.165) is 25.7 Å². The average molecular weight is 354 g/mol. The molecule has 2 heterocycles. The van der Waals surface area contributed by atoms with Crippen LogP contribution in [0.15, 0.2) is 14.7 Å². The lowest BCUT2D eigenvalue weighted by Gasteiger charge is -2.07. The van der Waals surface area contributed by atoms with E-state index < -0.39 is 0 Å². The molecule has 2 aromatic heterocycles. The van der Waals surface area contributed by atoms with Crippen molar-refractivity contribution in [1.29, 1.82) is 0 Å². The number of hydrogen-bond acceptors (Lipinski definition) is 6. The molecule has 1 saturated carbocycles. The highest BCUT2D eigenvalue weighted by atomic mass is 32.2. The summed E-state index contributed by atoms with van der Waals surface area (Å²) in [6, 6.07) is 2.65. The molecule has 1 fully saturated rings. The predicted molar refractivity (Wildman–Crippen MR) is 93.5 cm³/mol. The molecule has 0 unspecified atom stereocenters. The summed E-state index contributed by atoms with van der Waals surface area (Å²) in [4.78, 5) is 12.5. The lowest BCUT2D eigenvalue weighted by atomic mass is 10.2. The van der Waals surface area contributed by atoms with Crippen molar-refractivity contribution in [3.8, 4) is 0 Å². The van der Waals surface area contributed by atoms with E-state index in [4.69, 9.17) is 0 Å². The highest BCUT2D eigenvalue weighted by molar-refractivity contribution is 8.03. The van der Waals surface area contributed by atoms with Gasteiger partial charge in [0.1, 0.15) is 0 Å². The first kappa shape index (κ1) is 16.1. The van der Waals surface area contributed by atoms with Crippen molar-refractivity contribution >= 4 is 40.6 Å². The maximum absolute atomic E-state index is 12.5. The number of hydrogen-bond donors (Lipinski definition) is 0. The van der Waals surface area contributed by atoms with Gasteiger partial charge in [-0.25, -0.2) is 0 Å². The minimum absolute atomic E-state index is 0.185. The maximum atomic E-state index is 12.5. The number of nitrogens with zero attached hydrogens (tertiary/aromatic N) is 3. The Bertz CT molecular complexity index is 688. The molecule has 0 N–H and O–H groups in total. The quantitative estimate of drug-likeness (QED) is 0.546. The van der Waals surface area contributed by atoms with Crippen molar-refractivity contribution in [3.63, 3.8) is 0 Å². The fourth-order valence-corrected chi connectivity index (χ4v) is 5.40. The van der Waals surface area contributed by atoms with Crippen molar-refractivity contribution in [2.45, 2.75) is 48.3 Å². The van der Waals surface area contributed by atoms with E-state index in [1.54, 1.807) is 23.1 Å². The predicted octanol–water partition coefficient (Wildman–Crippen LogP) is 4.38. The van der Waals surface area contributed by atoms with Gasteiger partial charge in [0, 0.05) is 23.0 Å². The summed E-state index contributed by atoms with van der Waals surface area (Å²) in [5, 5.41) is 8.26. The van der Waals surface area contributed by atoms with Crippen LogP contribution < -0.4 is 0 Å². The van der Waals surface area contributed by atoms with Crippen LogP contribution >= 0.6 is 34.9 Å². The monoisotopic (exact) mass is 353 g/mol. The Morgan fingerprint density at radius 1 is 1.32 bits per heavy atom. The standard InChI is InChI=1S/C15H19N3OS3/c1-4-20-14-16-17-15(22-14)21-8-13(19)12-7-9(2)18(10(12)3)11-5-6-11/h7,11H,4-6,8H2,1-3H3. The Kier molecular flexibility index (Phi) is 4.94. The van der Waals surface area contributed by atoms with Crippen molar-refractivity contribution in [2.75, 3.05) is 11.5 Å². The molecule has 0 amide bonds. The number of ketones is 1.